The number of fused-ring (bicyclic) bond motifs is 1. The number of carbonyl (C=O) groups is 1. The summed E-state index contributed by atoms with van der Waals surface area (Å²) in [6, 6.07) is 6.91. The number of ether oxygens (including phenoxy) is 1. The van der Waals surface area contributed by atoms with Crippen LogP contribution in [0.15, 0.2) is 18.2 Å². The quantitative estimate of drug-likeness (QED) is 0.896. The average molecular weight is 288 g/mol. The highest BCUT2D eigenvalue weighted by Crippen LogP contribution is 2.33. The molecule has 0 aromatic heterocycles. The van der Waals surface area contributed by atoms with Gasteiger partial charge in [-0.25, -0.2) is 4.79 Å². The first kappa shape index (κ1) is 14.2. The van der Waals surface area contributed by atoms with Gasteiger partial charge in [-0.15, -0.1) is 0 Å². The molecule has 0 saturated heterocycles. The van der Waals surface area contributed by atoms with Crippen LogP contribution in [0.2, 0.25) is 0 Å². The Morgan fingerprint density at radius 1 is 1.33 bits per heavy atom. The molecule has 1 heterocycles. The largest absolute Gasteiger partial charge is 0.443 e. The van der Waals surface area contributed by atoms with Gasteiger partial charge in [0.2, 0.25) is 0 Å². The van der Waals surface area contributed by atoms with Crippen LogP contribution in [0.5, 0.6) is 0 Å². The first-order valence-electron chi connectivity index (χ1n) is 7.82. The van der Waals surface area contributed by atoms with Crippen molar-refractivity contribution in [3.63, 3.8) is 0 Å². The molecule has 1 saturated carbocycles. The van der Waals surface area contributed by atoms with Crippen molar-refractivity contribution in [2.24, 2.45) is 0 Å². The number of amides is 1. The third kappa shape index (κ3) is 3.14. The van der Waals surface area contributed by atoms with Gasteiger partial charge >= 0.3 is 6.09 Å². The van der Waals surface area contributed by atoms with Gasteiger partial charge in [0.25, 0.3) is 0 Å². The molecule has 0 radical (unpaired) electrons. The maximum absolute atomic E-state index is 12.2. The van der Waals surface area contributed by atoms with E-state index in [2.05, 4.69) is 17.4 Å². The Balaban J connectivity index is 1.71. The van der Waals surface area contributed by atoms with E-state index in [1.54, 1.807) is 4.90 Å². The molecule has 4 heteroatoms. The molecule has 114 valence electrons. The van der Waals surface area contributed by atoms with E-state index in [-0.39, 0.29) is 6.09 Å². The summed E-state index contributed by atoms with van der Waals surface area (Å²) in [5.41, 5.74) is 2.93. The Labute approximate surface area is 126 Å². The third-order valence-electron chi connectivity index (χ3n) is 4.06. The van der Waals surface area contributed by atoms with E-state index in [1.165, 1.54) is 30.5 Å². The van der Waals surface area contributed by atoms with Gasteiger partial charge in [-0.1, -0.05) is 0 Å². The predicted octanol–water partition coefficient (Wildman–Crippen LogP) is 3.95. The molecule has 1 aromatic rings. The predicted molar refractivity (Wildman–Crippen MR) is 85.0 cm³/mol. The van der Waals surface area contributed by atoms with Crippen LogP contribution in [0.25, 0.3) is 0 Å². The summed E-state index contributed by atoms with van der Waals surface area (Å²) in [5.74, 6) is 0. The molecule has 3 rings (SSSR count). The number of benzene rings is 1. The van der Waals surface area contributed by atoms with Gasteiger partial charge in [-0.05, 0) is 70.2 Å². The topological polar surface area (TPSA) is 41.6 Å². The molecule has 1 aromatic carbocycles. The lowest BCUT2D eigenvalue weighted by Gasteiger charge is -2.28. The summed E-state index contributed by atoms with van der Waals surface area (Å²) < 4.78 is 5.47. The van der Waals surface area contributed by atoms with Crippen LogP contribution in [-0.4, -0.2) is 24.3 Å². The molecule has 0 unspecified atom stereocenters. The first-order valence-corrected chi connectivity index (χ1v) is 7.82. The molecule has 1 aliphatic carbocycles. The number of nitrogens with one attached hydrogen (secondary N) is 1. The zero-order valence-corrected chi connectivity index (χ0v) is 13.1. The summed E-state index contributed by atoms with van der Waals surface area (Å²) in [6.07, 6.45) is 4.51. The van der Waals surface area contributed by atoms with Gasteiger partial charge in [0.1, 0.15) is 5.60 Å². The van der Waals surface area contributed by atoms with Crippen molar-refractivity contribution in [1.82, 2.24) is 0 Å². The molecule has 1 fully saturated rings. The lowest BCUT2D eigenvalue weighted by molar-refractivity contribution is 0.0584. The molecule has 1 amide bonds. The van der Waals surface area contributed by atoms with E-state index in [4.69, 9.17) is 4.74 Å². The standard InChI is InChI=1S/C17H24N2O2/c1-17(2,3)21-16(20)19-10-9-12-11-14(7-8-15(12)19)18-13-5-4-6-13/h7-8,11,13,18H,4-6,9-10H2,1-3H3. The fourth-order valence-corrected chi connectivity index (χ4v) is 2.79. The van der Waals surface area contributed by atoms with E-state index < -0.39 is 5.60 Å². The lowest BCUT2D eigenvalue weighted by Crippen LogP contribution is -2.35. The highest BCUT2D eigenvalue weighted by atomic mass is 16.6. The number of anilines is 2. The van der Waals surface area contributed by atoms with Crippen LogP contribution >= 0.6 is 0 Å². The number of rotatable bonds is 2. The summed E-state index contributed by atoms with van der Waals surface area (Å²) in [6.45, 7) is 6.39. The highest BCUT2D eigenvalue weighted by molar-refractivity contribution is 5.91. The van der Waals surface area contributed by atoms with Gasteiger partial charge in [-0.3, -0.25) is 4.90 Å². The van der Waals surface area contributed by atoms with Crippen LogP contribution < -0.4 is 10.2 Å². The van der Waals surface area contributed by atoms with Crippen molar-refractivity contribution in [1.29, 1.82) is 0 Å². The van der Waals surface area contributed by atoms with Gasteiger partial charge in [0.05, 0.1) is 5.69 Å². The fourth-order valence-electron chi connectivity index (χ4n) is 2.79. The summed E-state index contributed by atoms with van der Waals surface area (Å²) in [7, 11) is 0. The Hall–Kier alpha value is -1.71. The van der Waals surface area contributed by atoms with Crippen LogP contribution in [0, 0.1) is 0 Å². The first-order chi connectivity index (χ1) is 9.92. The second-order valence-electron chi connectivity index (χ2n) is 7.00. The average Bonchev–Trinajstić information content (AvgIpc) is 2.74. The molecule has 0 spiro atoms. The second kappa shape index (κ2) is 5.24. The molecule has 21 heavy (non-hydrogen) atoms. The molecule has 2 aliphatic rings. The van der Waals surface area contributed by atoms with Crippen molar-refractivity contribution < 1.29 is 9.53 Å². The minimum Gasteiger partial charge on any atom is -0.443 e. The summed E-state index contributed by atoms with van der Waals surface area (Å²) in [5, 5.41) is 3.56. The normalized spacial score (nSPS) is 18.1. The Bertz CT molecular complexity index is 544. The molecule has 0 bridgehead atoms. The molecular weight excluding hydrogens is 264 g/mol. The zero-order chi connectivity index (χ0) is 15.0. The van der Waals surface area contributed by atoms with Gasteiger partial charge in [0, 0.05) is 18.3 Å². The highest BCUT2D eigenvalue weighted by Gasteiger charge is 2.29. The van der Waals surface area contributed by atoms with Crippen molar-refractivity contribution in [3.8, 4) is 0 Å². The Morgan fingerprint density at radius 3 is 2.71 bits per heavy atom. The monoisotopic (exact) mass is 288 g/mol. The smallest absolute Gasteiger partial charge is 0.414 e. The van der Waals surface area contributed by atoms with E-state index >= 15 is 0 Å². The molecular formula is C17H24N2O2. The fraction of sp³-hybridized carbons (Fsp3) is 0.588. The summed E-state index contributed by atoms with van der Waals surface area (Å²) in [4.78, 5) is 14.0. The third-order valence-corrected chi connectivity index (χ3v) is 4.06. The Kier molecular flexibility index (Phi) is 3.56. The van der Waals surface area contributed by atoms with E-state index in [0.29, 0.717) is 12.6 Å². The lowest BCUT2D eigenvalue weighted by atomic mass is 9.93. The Morgan fingerprint density at radius 2 is 2.10 bits per heavy atom. The molecule has 4 nitrogen and oxygen atoms in total. The van der Waals surface area contributed by atoms with Crippen LogP contribution in [-0.2, 0) is 11.2 Å². The van der Waals surface area contributed by atoms with Crippen molar-refractivity contribution in [3.05, 3.63) is 23.8 Å². The SMILES string of the molecule is CC(C)(C)OC(=O)N1CCc2cc(NC3CCC3)ccc21. The van der Waals surface area contributed by atoms with Crippen molar-refractivity contribution in [2.75, 3.05) is 16.8 Å². The van der Waals surface area contributed by atoms with Crippen molar-refractivity contribution >= 4 is 17.5 Å². The minimum absolute atomic E-state index is 0.249. The van der Waals surface area contributed by atoms with Gasteiger partial charge < -0.3 is 10.1 Å². The maximum Gasteiger partial charge on any atom is 0.414 e. The molecule has 1 N–H and O–H groups in total. The second-order valence-corrected chi connectivity index (χ2v) is 7.00. The summed E-state index contributed by atoms with van der Waals surface area (Å²) >= 11 is 0. The van der Waals surface area contributed by atoms with E-state index in [1.807, 2.05) is 26.8 Å². The van der Waals surface area contributed by atoms with Crippen LogP contribution in [0.1, 0.15) is 45.6 Å². The molecule has 0 atom stereocenters. The van der Waals surface area contributed by atoms with Crippen LogP contribution in [0.4, 0.5) is 16.2 Å². The molecule has 1 aliphatic heterocycles. The van der Waals surface area contributed by atoms with Crippen molar-refractivity contribution in [2.45, 2.75) is 58.1 Å². The van der Waals surface area contributed by atoms with Crippen LogP contribution in [0.3, 0.4) is 0 Å². The zero-order valence-electron chi connectivity index (χ0n) is 13.1. The number of hydrogen-bond donors (Lipinski definition) is 1. The maximum atomic E-state index is 12.2. The minimum atomic E-state index is -0.453. The van der Waals surface area contributed by atoms with Gasteiger partial charge in [0.15, 0.2) is 0 Å². The van der Waals surface area contributed by atoms with E-state index in [9.17, 15) is 4.79 Å². The van der Waals surface area contributed by atoms with Gasteiger partial charge in [-0.2, -0.15) is 0 Å². The number of carbonyl (C=O) groups excluding carboxylic acids is 1. The number of nitrogens with zero attached hydrogens (tertiary/aromatic N) is 1. The number of hydrogen-bond acceptors (Lipinski definition) is 3. The van der Waals surface area contributed by atoms with E-state index in [0.717, 1.165) is 12.1 Å².